The highest BCUT2D eigenvalue weighted by molar-refractivity contribution is 4.88. The van der Waals surface area contributed by atoms with Crippen molar-refractivity contribution in [3.05, 3.63) is 11.7 Å². The number of aliphatic hydroxyl groups is 1. The molecule has 0 saturated carbocycles. The van der Waals surface area contributed by atoms with Crippen molar-refractivity contribution in [2.24, 2.45) is 0 Å². The molecule has 1 saturated heterocycles. The SMILES string of the molecule is CCc1nc(CN2CCCCC2CCO)no1. The van der Waals surface area contributed by atoms with Crippen LogP contribution in [0.25, 0.3) is 0 Å². The van der Waals surface area contributed by atoms with Gasteiger partial charge < -0.3 is 9.63 Å². The standard InChI is InChI=1S/C12H21N3O2/c1-2-12-13-11(14-17-12)9-15-7-4-3-5-10(15)6-8-16/h10,16H,2-9H2,1H3. The minimum absolute atomic E-state index is 0.258. The quantitative estimate of drug-likeness (QED) is 0.840. The number of rotatable bonds is 5. The minimum Gasteiger partial charge on any atom is -0.396 e. The summed E-state index contributed by atoms with van der Waals surface area (Å²) in [5.41, 5.74) is 0. The van der Waals surface area contributed by atoms with E-state index < -0.39 is 0 Å². The Balaban J connectivity index is 1.95. The Bertz CT molecular complexity index is 338. The normalized spacial score (nSPS) is 21.9. The molecule has 1 aromatic heterocycles. The molecule has 5 heteroatoms. The zero-order valence-electron chi connectivity index (χ0n) is 10.4. The topological polar surface area (TPSA) is 62.4 Å². The maximum absolute atomic E-state index is 9.07. The Morgan fingerprint density at radius 2 is 2.35 bits per heavy atom. The second kappa shape index (κ2) is 6.12. The van der Waals surface area contributed by atoms with Crippen molar-refractivity contribution in [2.75, 3.05) is 13.2 Å². The van der Waals surface area contributed by atoms with Crippen molar-refractivity contribution in [1.29, 1.82) is 0 Å². The predicted octanol–water partition coefficient (Wildman–Crippen LogP) is 1.37. The third-order valence-corrected chi connectivity index (χ3v) is 3.37. The first kappa shape index (κ1) is 12.5. The molecule has 1 unspecified atom stereocenters. The van der Waals surface area contributed by atoms with E-state index in [-0.39, 0.29) is 6.61 Å². The molecule has 17 heavy (non-hydrogen) atoms. The molecule has 1 aromatic rings. The van der Waals surface area contributed by atoms with Crippen LogP contribution in [0.5, 0.6) is 0 Å². The lowest BCUT2D eigenvalue weighted by Gasteiger charge is -2.34. The molecule has 1 N–H and O–H groups in total. The fraction of sp³-hybridized carbons (Fsp3) is 0.833. The maximum Gasteiger partial charge on any atom is 0.226 e. The number of likely N-dealkylation sites (tertiary alicyclic amines) is 1. The molecular weight excluding hydrogens is 218 g/mol. The number of nitrogens with zero attached hydrogens (tertiary/aromatic N) is 3. The Labute approximate surface area is 102 Å². The average Bonchev–Trinajstić information content (AvgIpc) is 2.80. The molecule has 2 heterocycles. The first-order chi connectivity index (χ1) is 8.33. The van der Waals surface area contributed by atoms with Gasteiger partial charge in [-0.25, -0.2) is 0 Å². The van der Waals surface area contributed by atoms with Gasteiger partial charge in [0.25, 0.3) is 0 Å². The summed E-state index contributed by atoms with van der Waals surface area (Å²) in [5, 5.41) is 13.1. The van der Waals surface area contributed by atoms with Crippen molar-refractivity contribution < 1.29 is 9.63 Å². The highest BCUT2D eigenvalue weighted by atomic mass is 16.5. The number of aromatic nitrogens is 2. The second-order valence-electron chi connectivity index (χ2n) is 4.59. The Morgan fingerprint density at radius 1 is 1.47 bits per heavy atom. The van der Waals surface area contributed by atoms with Crippen LogP contribution in [-0.4, -0.2) is 39.3 Å². The number of hydrogen-bond acceptors (Lipinski definition) is 5. The van der Waals surface area contributed by atoms with Gasteiger partial charge in [0.05, 0.1) is 6.54 Å². The zero-order valence-corrected chi connectivity index (χ0v) is 10.4. The van der Waals surface area contributed by atoms with Crippen LogP contribution in [0.2, 0.25) is 0 Å². The van der Waals surface area contributed by atoms with Gasteiger partial charge in [-0.2, -0.15) is 4.98 Å². The van der Waals surface area contributed by atoms with Crippen molar-refractivity contribution in [3.63, 3.8) is 0 Å². The van der Waals surface area contributed by atoms with Gasteiger partial charge in [0.2, 0.25) is 5.89 Å². The van der Waals surface area contributed by atoms with Gasteiger partial charge in [-0.1, -0.05) is 18.5 Å². The van der Waals surface area contributed by atoms with Crippen molar-refractivity contribution in [1.82, 2.24) is 15.0 Å². The Morgan fingerprint density at radius 3 is 3.06 bits per heavy atom. The second-order valence-corrected chi connectivity index (χ2v) is 4.59. The van der Waals surface area contributed by atoms with E-state index in [9.17, 15) is 0 Å². The smallest absolute Gasteiger partial charge is 0.226 e. The van der Waals surface area contributed by atoms with Crippen LogP contribution in [0, 0.1) is 0 Å². The van der Waals surface area contributed by atoms with Gasteiger partial charge in [0, 0.05) is 19.1 Å². The number of hydrogen-bond donors (Lipinski definition) is 1. The third kappa shape index (κ3) is 3.26. The first-order valence-electron chi connectivity index (χ1n) is 6.50. The monoisotopic (exact) mass is 239 g/mol. The van der Waals surface area contributed by atoms with Crippen LogP contribution in [0.3, 0.4) is 0 Å². The lowest BCUT2D eigenvalue weighted by atomic mass is 10.00. The van der Waals surface area contributed by atoms with E-state index in [0.717, 1.165) is 31.8 Å². The van der Waals surface area contributed by atoms with Crippen molar-refractivity contribution >= 4 is 0 Å². The highest BCUT2D eigenvalue weighted by Crippen LogP contribution is 2.21. The van der Waals surface area contributed by atoms with E-state index in [1.54, 1.807) is 0 Å². The largest absolute Gasteiger partial charge is 0.396 e. The van der Waals surface area contributed by atoms with Gasteiger partial charge >= 0.3 is 0 Å². The third-order valence-electron chi connectivity index (χ3n) is 3.37. The minimum atomic E-state index is 0.258. The molecule has 0 radical (unpaired) electrons. The molecule has 2 rings (SSSR count). The molecule has 0 aliphatic carbocycles. The lowest BCUT2D eigenvalue weighted by Crippen LogP contribution is -2.39. The van der Waals surface area contributed by atoms with E-state index >= 15 is 0 Å². The molecule has 0 bridgehead atoms. The summed E-state index contributed by atoms with van der Waals surface area (Å²) in [7, 11) is 0. The molecule has 0 spiro atoms. The predicted molar refractivity (Wildman–Crippen MR) is 63.4 cm³/mol. The van der Waals surface area contributed by atoms with E-state index in [2.05, 4.69) is 15.0 Å². The van der Waals surface area contributed by atoms with Crippen LogP contribution in [0.15, 0.2) is 4.52 Å². The first-order valence-corrected chi connectivity index (χ1v) is 6.50. The molecular formula is C12H21N3O2. The van der Waals surface area contributed by atoms with E-state index in [4.69, 9.17) is 9.63 Å². The molecule has 1 aliphatic rings. The van der Waals surface area contributed by atoms with E-state index in [1.165, 1.54) is 19.3 Å². The number of aryl methyl sites for hydroxylation is 1. The van der Waals surface area contributed by atoms with E-state index in [1.807, 2.05) is 6.92 Å². The van der Waals surface area contributed by atoms with Crippen molar-refractivity contribution in [2.45, 2.75) is 51.6 Å². The van der Waals surface area contributed by atoms with Gasteiger partial charge in [-0.3, -0.25) is 4.90 Å². The van der Waals surface area contributed by atoms with Crippen LogP contribution >= 0.6 is 0 Å². The highest BCUT2D eigenvalue weighted by Gasteiger charge is 2.23. The summed E-state index contributed by atoms with van der Waals surface area (Å²) in [4.78, 5) is 6.70. The maximum atomic E-state index is 9.07. The summed E-state index contributed by atoms with van der Waals surface area (Å²) in [6.07, 6.45) is 5.28. The fourth-order valence-corrected chi connectivity index (χ4v) is 2.42. The molecule has 5 nitrogen and oxygen atoms in total. The van der Waals surface area contributed by atoms with Gasteiger partial charge in [-0.05, 0) is 25.8 Å². The van der Waals surface area contributed by atoms with Crippen LogP contribution < -0.4 is 0 Å². The van der Waals surface area contributed by atoms with Crippen molar-refractivity contribution in [3.8, 4) is 0 Å². The fourth-order valence-electron chi connectivity index (χ4n) is 2.42. The Kier molecular flexibility index (Phi) is 4.50. The van der Waals surface area contributed by atoms with Crippen LogP contribution in [0.4, 0.5) is 0 Å². The molecule has 0 aromatic carbocycles. The molecule has 1 atom stereocenters. The van der Waals surface area contributed by atoms with Gasteiger partial charge in [0.1, 0.15) is 0 Å². The average molecular weight is 239 g/mol. The van der Waals surface area contributed by atoms with Crippen LogP contribution in [-0.2, 0) is 13.0 Å². The molecule has 96 valence electrons. The zero-order chi connectivity index (χ0) is 12.1. The van der Waals surface area contributed by atoms with Gasteiger partial charge in [0.15, 0.2) is 5.82 Å². The molecule has 1 aliphatic heterocycles. The summed E-state index contributed by atoms with van der Waals surface area (Å²) in [5.74, 6) is 1.47. The van der Waals surface area contributed by atoms with E-state index in [0.29, 0.717) is 11.9 Å². The lowest BCUT2D eigenvalue weighted by molar-refractivity contribution is 0.109. The molecule has 0 amide bonds. The van der Waals surface area contributed by atoms with Crippen LogP contribution in [0.1, 0.15) is 44.3 Å². The molecule has 1 fully saturated rings. The Hall–Kier alpha value is -0.940. The summed E-state index contributed by atoms with van der Waals surface area (Å²) in [6.45, 7) is 4.08. The number of piperidine rings is 1. The summed E-state index contributed by atoms with van der Waals surface area (Å²) < 4.78 is 5.11. The summed E-state index contributed by atoms with van der Waals surface area (Å²) in [6, 6.07) is 0.470. The number of aliphatic hydroxyl groups excluding tert-OH is 1. The van der Waals surface area contributed by atoms with Gasteiger partial charge in [-0.15, -0.1) is 0 Å². The summed E-state index contributed by atoms with van der Waals surface area (Å²) >= 11 is 0.